The van der Waals surface area contributed by atoms with E-state index in [-0.39, 0.29) is 29.0 Å². The number of nitro groups is 1. The molecule has 1 saturated heterocycles. The molecule has 2 aromatic carbocycles. The molecule has 1 aromatic heterocycles. The van der Waals surface area contributed by atoms with E-state index in [4.69, 9.17) is 9.15 Å². The minimum atomic E-state index is -0.443. The van der Waals surface area contributed by atoms with Crippen molar-refractivity contribution in [2.75, 3.05) is 13.2 Å². The van der Waals surface area contributed by atoms with Crippen LogP contribution in [-0.2, 0) is 4.79 Å². The van der Waals surface area contributed by atoms with E-state index in [1.165, 1.54) is 12.1 Å². The van der Waals surface area contributed by atoms with Crippen molar-refractivity contribution in [3.63, 3.8) is 0 Å². The second kappa shape index (κ2) is 9.33. The Morgan fingerprint density at radius 3 is 2.58 bits per heavy atom. The van der Waals surface area contributed by atoms with E-state index in [1.807, 2.05) is 31.2 Å². The topological polar surface area (TPSA) is 103 Å². The molecule has 0 radical (unpaired) electrons. The highest BCUT2D eigenvalue weighted by Crippen LogP contribution is 2.34. The first-order valence-electron chi connectivity index (χ1n) is 10.1. The standard InChI is InChI=1S/C24H20N2O6S/c1-15-3-7-18(8-4-15)31-12-11-25-23(27)22(33-24(25)28)14-19-9-10-21(32-19)17-6-5-16(2)20(13-17)26(29)30/h3-10,13-14H,11-12H2,1-2H3/b22-14-. The summed E-state index contributed by atoms with van der Waals surface area (Å²) in [5, 5.41) is 10.8. The number of hydrogen-bond acceptors (Lipinski definition) is 7. The van der Waals surface area contributed by atoms with E-state index < -0.39 is 10.8 Å². The number of carbonyl (C=O) groups is 2. The molecule has 8 nitrogen and oxygen atoms in total. The van der Waals surface area contributed by atoms with Crippen LogP contribution in [0.4, 0.5) is 10.5 Å². The minimum Gasteiger partial charge on any atom is -0.492 e. The Morgan fingerprint density at radius 2 is 1.85 bits per heavy atom. The summed E-state index contributed by atoms with van der Waals surface area (Å²) in [7, 11) is 0. The number of imide groups is 1. The molecule has 0 unspecified atom stereocenters. The molecule has 2 amide bonds. The molecule has 1 fully saturated rings. The van der Waals surface area contributed by atoms with Crippen LogP contribution in [0.2, 0.25) is 0 Å². The average Bonchev–Trinajstić information content (AvgIpc) is 3.35. The number of hydrogen-bond donors (Lipinski definition) is 0. The van der Waals surface area contributed by atoms with Crippen molar-refractivity contribution in [3.05, 3.63) is 86.5 Å². The summed E-state index contributed by atoms with van der Waals surface area (Å²) in [6.45, 7) is 3.96. The number of furan rings is 1. The van der Waals surface area contributed by atoms with Gasteiger partial charge in [0.15, 0.2) is 0 Å². The SMILES string of the molecule is Cc1ccc(OCCN2C(=O)S/C(=C\c3ccc(-c4ccc(C)c([N+](=O)[O-])c4)o3)C2=O)cc1. The van der Waals surface area contributed by atoms with Gasteiger partial charge >= 0.3 is 0 Å². The van der Waals surface area contributed by atoms with Crippen molar-refractivity contribution >= 4 is 34.7 Å². The molecular formula is C24H20N2O6S. The zero-order valence-corrected chi connectivity index (χ0v) is 18.8. The number of thioether (sulfide) groups is 1. The van der Waals surface area contributed by atoms with Crippen LogP contribution in [0.15, 0.2) is 63.9 Å². The maximum atomic E-state index is 12.7. The first kappa shape index (κ1) is 22.3. The molecule has 0 N–H and O–H groups in total. The van der Waals surface area contributed by atoms with E-state index in [1.54, 1.807) is 31.2 Å². The summed E-state index contributed by atoms with van der Waals surface area (Å²) in [4.78, 5) is 37.1. The second-order valence-corrected chi connectivity index (χ2v) is 8.45. The summed E-state index contributed by atoms with van der Waals surface area (Å²) < 4.78 is 11.4. The van der Waals surface area contributed by atoms with E-state index in [0.717, 1.165) is 22.2 Å². The molecule has 3 aromatic rings. The zero-order valence-electron chi connectivity index (χ0n) is 17.9. The van der Waals surface area contributed by atoms with Gasteiger partial charge < -0.3 is 9.15 Å². The molecule has 9 heteroatoms. The smallest absolute Gasteiger partial charge is 0.293 e. The lowest BCUT2D eigenvalue weighted by molar-refractivity contribution is -0.385. The number of aryl methyl sites for hydroxylation is 2. The van der Waals surface area contributed by atoms with Crippen molar-refractivity contribution in [2.45, 2.75) is 13.8 Å². The number of nitro benzene ring substituents is 1. The molecule has 0 bridgehead atoms. The molecule has 4 rings (SSSR count). The number of amides is 2. The van der Waals surface area contributed by atoms with Gasteiger partial charge in [0.05, 0.1) is 16.4 Å². The molecule has 0 saturated carbocycles. The molecule has 33 heavy (non-hydrogen) atoms. The summed E-state index contributed by atoms with van der Waals surface area (Å²) in [6, 6.07) is 15.7. The summed E-state index contributed by atoms with van der Waals surface area (Å²) in [5.41, 5.74) is 2.21. The molecule has 0 aliphatic carbocycles. The van der Waals surface area contributed by atoms with Crippen LogP contribution >= 0.6 is 11.8 Å². The molecule has 0 spiro atoms. The van der Waals surface area contributed by atoms with Gasteiger partial charge in [0.1, 0.15) is 23.9 Å². The van der Waals surface area contributed by atoms with E-state index in [0.29, 0.717) is 28.4 Å². The van der Waals surface area contributed by atoms with Crippen LogP contribution in [-0.4, -0.2) is 34.1 Å². The van der Waals surface area contributed by atoms with Crippen LogP contribution in [0.3, 0.4) is 0 Å². The quantitative estimate of drug-likeness (QED) is 0.255. The maximum Gasteiger partial charge on any atom is 0.293 e. The van der Waals surface area contributed by atoms with Crippen molar-refractivity contribution in [1.29, 1.82) is 0 Å². The van der Waals surface area contributed by atoms with E-state index in [2.05, 4.69) is 0 Å². The molecular weight excluding hydrogens is 444 g/mol. The molecule has 2 heterocycles. The van der Waals surface area contributed by atoms with Crippen LogP contribution in [0.1, 0.15) is 16.9 Å². The van der Waals surface area contributed by atoms with Crippen molar-refractivity contribution < 1.29 is 23.7 Å². The first-order valence-corrected chi connectivity index (χ1v) is 10.9. The predicted octanol–water partition coefficient (Wildman–Crippen LogP) is 5.59. The number of nitrogens with zero attached hydrogens (tertiary/aromatic N) is 2. The van der Waals surface area contributed by atoms with E-state index >= 15 is 0 Å². The van der Waals surface area contributed by atoms with Gasteiger partial charge in [-0.25, -0.2) is 0 Å². The first-order chi connectivity index (χ1) is 15.8. The third-order valence-electron chi connectivity index (χ3n) is 5.07. The monoisotopic (exact) mass is 464 g/mol. The molecule has 1 aliphatic rings. The Kier molecular flexibility index (Phi) is 6.32. The fourth-order valence-electron chi connectivity index (χ4n) is 3.26. The molecule has 168 valence electrons. The number of rotatable bonds is 7. The van der Waals surface area contributed by atoms with Gasteiger partial charge in [0.2, 0.25) is 0 Å². The Balaban J connectivity index is 1.43. The highest BCUT2D eigenvalue weighted by Gasteiger charge is 2.35. The lowest BCUT2D eigenvalue weighted by Crippen LogP contribution is -2.32. The normalized spacial score (nSPS) is 14.8. The van der Waals surface area contributed by atoms with Crippen LogP contribution < -0.4 is 4.74 Å². The third kappa shape index (κ3) is 4.98. The summed E-state index contributed by atoms with van der Waals surface area (Å²) in [5.74, 6) is 1.05. The summed E-state index contributed by atoms with van der Waals surface area (Å²) in [6.07, 6.45) is 1.50. The Morgan fingerprint density at radius 1 is 1.09 bits per heavy atom. The fraction of sp³-hybridized carbons (Fsp3) is 0.167. The predicted molar refractivity (Wildman–Crippen MR) is 125 cm³/mol. The van der Waals surface area contributed by atoms with Gasteiger partial charge in [-0.15, -0.1) is 0 Å². The Labute approximate surface area is 194 Å². The van der Waals surface area contributed by atoms with Gasteiger partial charge in [-0.3, -0.25) is 24.6 Å². The van der Waals surface area contributed by atoms with Crippen LogP contribution in [0, 0.1) is 24.0 Å². The largest absolute Gasteiger partial charge is 0.492 e. The van der Waals surface area contributed by atoms with Crippen molar-refractivity contribution in [1.82, 2.24) is 4.90 Å². The van der Waals surface area contributed by atoms with Crippen molar-refractivity contribution in [2.24, 2.45) is 0 Å². The lowest BCUT2D eigenvalue weighted by atomic mass is 10.1. The summed E-state index contributed by atoms with van der Waals surface area (Å²) >= 11 is 0.832. The van der Waals surface area contributed by atoms with Gasteiger partial charge in [-0.05, 0) is 49.9 Å². The Hall–Kier alpha value is -3.85. The van der Waals surface area contributed by atoms with Gasteiger partial charge in [0.25, 0.3) is 16.8 Å². The maximum absolute atomic E-state index is 12.7. The average molecular weight is 464 g/mol. The lowest BCUT2D eigenvalue weighted by Gasteiger charge is -2.13. The highest BCUT2D eigenvalue weighted by molar-refractivity contribution is 8.18. The van der Waals surface area contributed by atoms with Gasteiger partial charge in [0, 0.05) is 23.3 Å². The van der Waals surface area contributed by atoms with E-state index in [9.17, 15) is 19.7 Å². The van der Waals surface area contributed by atoms with Gasteiger partial charge in [-0.2, -0.15) is 0 Å². The zero-order chi connectivity index (χ0) is 23.5. The number of ether oxygens (including phenoxy) is 1. The number of carbonyl (C=O) groups excluding carboxylic acids is 2. The van der Waals surface area contributed by atoms with Crippen molar-refractivity contribution in [3.8, 4) is 17.1 Å². The van der Waals surface area contributed by atoms with Gasteiger partial charge in [-0.1, -0.05) is 29.8 Å². The highest BCUT2D eigenvalue weighted by atomic mass is 32.2. The van der Waals surface area contributed by atoms with Crippen LogP contribution in [0.25, 0.3) is 17.4 Å². The molecule has 0 atom stereocenters. The second-order valence-electron chi connectivity index (χ2n) is 7.46. The fourth-order valence-corrected chi connectivity index (χ4v) is 4.10. The Bertz CT molecular complexity index is 1260. The molecule has 1 aliphatic heterocycles. The van der Waals surface area contributed by atoms with Crippen LogP contribution in [0.5, 0.6) is 5.75 Å². The number of benzene rings is 2. The minimum absolute atomic E-state index is 0.000532. The third-order valence-corrected chi connectivity index (χ3v) is 5.98.